The summed E-state index contributed by atoms with van der Waals surface area (Å²) in [6.45, 7) is 3.90. The van der Waals surface area contributed by atoms with E-state index in [4.69, 9.17) is 0 Å². The fraction of sp³-hybridized carbons (Fsp3) is 0.455. The van der Waals surface area contributed by atoms with Gasteiger partial charge in [-0.05, 0) is 60.6 Å². The fourth-order valence-corrected chi connectivity index (χ4v) is 4.30. The molecule has 0 N–H and O–H groups in total. The molecule has 26 heavy (non-hydrogen) atoms. The number of hydrogen-bond donors (Lipinski definition) is 0. The van der Waals surface area contributed by atoms with Gasteiger partial charge in [0.15, 0.2) is 0 Å². The van der Waals surface area contributed by atoms with Gasteiger partial charge in [-0.2, -0.15) is 0 Å². The summed E-state index contributed by atoms with van der Waals surface area (Å²) in [6.07, 6.45) is 4.36. The van der Waals surface area contributed by atoms with Crippen LogP contribution in [-0.2, 0) is 19.5 Å². The first kappa shape index (κ1) is 17.5. The largest absolute Gasteiger partial charge is 0.368 e. The lowest BCUT2D eigenvalue weighted by Crippen LogP contribution is -2.45. The molecule has 4 heteroatoms. The Hall–Kier alpha value is -1.94. The van der Waals surface area contributed by atoms with E-state index in [1.165, 1.54) is 28.9 Å². The average Bonchev–Trinajstić information content (AvgIpc) is 3.11. The second-order valence-electron chi connectivity index (χ2n) is 7.49. The molecule has 2 nitrogen and oxygen atoms in total. The van der Waals surface area contributed by atoms with E-state index in [1.807, 2.05) is 24.3 Å². The number of piperidine rings is 1. The molecule has 1 saturated heterocycles. The lowest BCUT2D eigenvalue weighted by Gasteiger charge is -2.38. The van der Waals surface area contributed by atoms with Crippen LogP contribution in [0.15, 0.2) is 42.5 Å². The minimum Gasteiger partial charge on any atom is -0.368 e. The van der Waals surface area contributed by atoms with Crippen molar-refractivity contribution in [2.75, 3.05) is 31.1 Å². The summed E-state index contributed by atoms with van der Waals surface area (Å²) in [5.74, 6) is -0.170. The van der Waals surface area contributed by atoms with Crippen molar-refractivity contribution in [3.05, 3.63) is 65.0 Å². The Labute approximate surface area is 154 Å². The topological polar surface area (TPSA) is 6.48 Å². The van der Waals surface area contributed by atoms with E-state index in [1.54, 1.807) is 0 Å². The van der Waals surface area contributed by atoms with Gasteiger partial charge in [0.05, 0.1) is 0 Å². The van der Waals surface area contributed by atoms with Crippen LogP contribution in [0.2, 0.25) is 0 Å². The van der Waals surface area contributed by atoms with Crippen molar-refractivity contribution >= 4 is 5.69 Å². The molecular weight excluding hydrogens is 330 g/mol. The van der Waals surface area contributed by atoms with E-state index in [9.17, 15) is 8.78 Å². The van der Waals surface area contributed by atoms with Crippen LogP contribution in [0.4, 0.5) is 14.5 Å². The van der Waals surface area contributed by atoms with E-state index < -0.39 is 0 Å². The first-order chi connectivity index (χ1) is 12.7. The van der Waals surface area contributed by atoms with E-state index >= 15 is 0 Å². The number of rotatable bonds is 5. The second-order valence-corrected chi connectivity index (χ2v) is 7.49. The SMILES string of the molecule is FCc1ccc2c(c1)N(C1CCN(CCc3ccc(F)cc3)CC1)CC2. The highest BCUT2D eigenvalue weighted by atomic mass is 19.1. The zero-order valence-corrected chi connectivity index (χ0v) is 15.1. The number of alkyl halides is 1. The van der Waals surface area contributed by atoms with Crippen molar-refractivity contribution in [1.29, 1.82) is 0 Å². The van der Waals surface area contributed by atoms with Crippen LogP contribution in [0.5, 0.6) is 0 Å². The van der Waals surface area contributed by atoms with Crippen molar-refractivity contribution in [3.8, 4) is 0 Å². The van der Waals surface area contributed by atoms with Crippen LogP contribution in [0.3, 0.4) is 0 Å². The summed E-state index contributed by atoms with van der Waals surface area (Å²) in [5, 5.41) is 0. The third kappa shape index (κ3) is 3.75. The number of benzene rings is 2. The van der Waals surface area contributed by atoms with Crippen molar-refractivity contribution in [2.24, 2.45) is 0 Å². The molecule has 138 valence electrons. The Balaban J connectivity index is 1.31. The van der Waals surface area contributed by atoms with Crippen LogP contribution in [0, 0.1) is 5.82 Å². The van der Waals surface area contributed by atoms with E-state index in [0.29, 0.717) is 6.04 Å². The maximum absolute atomic E-state index is 13.0. The van der Waals surface area contributed by atoms with Gasteiger partial charge in [-0.25, -0.2) is 8.78 Å². The van der Waals surface area contributed by atoms with Crippen LogP contribution in [0.1, 0.15) is 29.5 Å². The molecule has 0 aliphatic carbocycles. The Kier molecular flexibility index (Phi) is 5.21. The van der Waals surface area contributed by atoms with Crippen molar-refractivity contribution in [3.63, 3.8) is 0 Å². The molecule has 2 heterocycles. The van der Waals surface area contributed by atoms with Gasteiger partial charge >= 0.3 is 0 Å². The van der Waals surface area contributed by atoms with Gasteiger partial charge in [0.25, 0.3) is 0 Å². The Morgan fingerprint density at radius 3 is 2.38 bits per heavy atom. The molecular formula is C22H26F2N2. The Morgan fingerprint density at radius 2 is 1.65 bits per heavy atom. The van der Waals surface area contributed by atoms with E-state index in [-0.39, 0.29) is 12.5 Å². The van der Waals surface area contributed by atoms with Crippen molar-refractivity contribution in [1.82, 2.24) is 4.90 Å². The number of halogens is 2. The monoisotopic (exact) mass is 356 g/mol. The Bertz CT molecular complexity index is 736. The minimum absolute atomic E-state index is 0.170. The summed E-state index contributed by atoms with van der Waals surface area (Å²) in [4.78, 5) is 5.01. The molecule has 0 unspecified atom stereocenters. The zero-order chi connectivity index (χ0) is 17.9. The van der Waals surface area contributed by atoms with Gasteiger partial charge < -0.3 is 9.80 Å². The maximum atomic E-state index is 13.0. The van der Waals surface area contributed by atoms with Crippen LogP contribution in [0.25, 0.3) is 0 Å². The van der Waals surface area contributed by atoms with Crippen LogP contribution < -0.4 is 4.90 Å². The van der Waals surface area contributed by atoms with Gasteiger partial charge in [0.1, 0.15) is 12.5 Å². The molecule has 0 saturated carbocycles. The summed E-state index contributed by atoms with van der Waals surface area (Å²) in [5.41, 5.74) is 4.60. The molecule has 0 amide bonds. The number of nitrogens with zero attached hydrogens (tertiary/aromatic N) is 2. The molecule has 0 spiro atoms. The molecule has 0 aromatic heterocycles. The molecule has 2 aromatic rings. The second kappa shape index (κ2) is 7.75. The number of likely N-dealkylation sites (tertiary alicyclic amines) is 1. The molecule has 0 bridgehead atoms. The molecule has 1 fully saturated rings. The van der Waals surface area contributed by atoms with Gasteiger partial charge in [-0.15, -0.1) is 0 Å². The highest BCUT2D eigenvalue weighted by molar-refractivity contribution is 5.60. The average molecular weight is 356 g/mol. The lowest BCUT2D eigenvalue weighted by molar-refractivity contribution is 0.212. The van der Waals surface area contributed by atoms with Gasteiger partial charge in [0.2, 0.25) is 0 Å². The molecule has 2 aromatic carbocycles. The normalized spacial score (nSPS) is 18.3. The zero-order valence-electron chi connectivity index (χ0n) is 15.1. The smallest absolute Gasteiger partial charge is 0.123 e. The van der Waals surface area contributed by atoms with E-state index in [0.717, 1.165) is 57.4 Å². The molecule has 4 rings (SSSR count). The summed E-state index contributed by atoms with van der Waals surface area (Å²) < 4.78 is 26.0. The van der Waals surface area contributed by atoms with Gasteiger partial charge in [-0.1, -0.05) is 24.3 Å². The van der Waals surface area contributed by atoms with Crippen LogP contribution in [-0.4, -0.2) is 37.1 Å². The van der Waals surface area contributed by atoms with Crippen molar-refractivity contribution in [2.45, 2.75) is 38.4 Å². The first-order valence-corrected chi connectivity index (χ1v) is 9.64. The quantitative estimate of drug-likeness (QED) is 0.785. The third-order valence-corrected chi connectivity index (χ3v) is 5.86. The predicted octanol–water partition coefficient (Wildman–Crippen LogP) is 4.36. The number of fused-ring (bicyclic) bond motifs is 1. The fourth-order valence-electron chi connectivity index (χ4n) is 4.30. The van der Waals surface area contributed by atoms with Gasteiger partial charge in [0, 0.05) is 37.9 Å². The highest BCUT2D eigenvalue weighted by Crippen LogP contribution is 2.33. The van der Waals surface area contributed by atoms with E-state index in [2.05, 4.69) is 15.9 Å². The summed E-state index contributed by atoms with van der Waals surface area (Å²) in [7, 11) is 0. The minimum atomic E-state index is -0.386. The first-order valence-electron chi connectivity index (χ1n) is 9.64. The molecule has 2 aliphatic rings. The number of anilines is 1. The number of hydrogen-bond acceptors (Lipinski definition) is 2. The summed E-state index contributed by atoms with van der Waals surface area (Å²) in [6, 6.07) is 13.5. The predicted molar refractivity (Wildman–Crippen MR) is 102 cm³/mol. The Morgan fingerprint density at radius 1 is 0.923 bits per heavy atom. The van der Waals surface area contributed by atoms with Crippen molar-refractivity contribution < 1.29 is 8.78 Å². The summed E-state index contributed by atoms with van der Waals surface area (Å²) >= 11 is 0. The van der Waals surface area contributed by atoms with Gasteiger partial charge in [-0.3, -0.25) is 0 Å². The van der Waals surface area contributed by atoms with Crippen LogP contribution >= 0.6 is 0 Å². The lowest BCUT2D eigenvalue weighted by atomic mass is 10.0. The highest BCUT2D eigenvalue weighted by Gasteiger charge is 2.29. The third-order valence-electron chi connectivity index (χ3n) is 5.86. The maximum Gasteiger partial charge on any atom is 0.123 e. The molecule has 0 atom stereocenters. The standard InChI is InChI=1S/C22H26F2N2/c23-16-18-1-4-19-8-14-26(22(19)15-18)21-9-12-25(13-10-21)11-7-17-2-5-20(24)6-3-17/h1-6,15,21H,7-14,16H2. The molecule has 2 aliphatic heterocycles. The molecule has 0 radical (unpaired) electrons.